The Morgan fingerprint density at radius 1 is 1.06 bits per heavy atom. The van der Waals surface area contributed by atoms with Crippen molar-refractivity contribution >= 4 is 37.5 Å². The molecule has 94 valence electrons. The maximum atomic E-state index is 9.35. The molecule has 2 aromatic rings. The van der Waals surface area contributed by atoms with Gasteiger partial charge in [0.15, 0.2) is 0 Å². The first-order valence-electron chi connectivity index (χ1n) is 5.53. The zero-order valence-corrected chi connectivity index (χ0v) is 13.0. The average molecular weight is 371 g/mol. The molecule has 2 N–H and O–H groups in total. The largest absolute Gasteiger partial charge is 0.508 e. The van der Waals surface area contributed by atoms with E-state index in [2.05, 4.69) is 49.3 Å². The zero-order chi connectivity index (χ0) is 13.1. The van der Waals surface area contributed by atoms with Gasteiger partial charge in [0.2, 0.25) is 0 Å². The quantitative estimate of drug-likeness (QED) is 0.758. The second-order valence-electron chi connectivity index (χ2n) is 4.10. The fourth-order valence-corrected chi connectivity index (χ4v) is 2.37. The van der Waals surface area contributed by atoms with Gasteiger partial charge in [-0.1, -0.05) is 6.07 Å². The molecule has 0 saturated carbocycles. The van der Waals surface area contributed by atoms with Crippen molar-refractivity contribution in [2.45, 2.75) is 13.5 Å². The number of rotatable bonds is 3. The normalized spacial score (nSPS) is 10.4. The number of nitrogens with one attached hydrogen (secondary N) is 1. The number of phenols is 1. The molecular formula is C14H13Br2NO. The van der Waals surface area contributed by atoms with Crippen LogP contribution in [0, 0.1) is 6.92 Å². The van der Waals surface area contributed by atoms with E-state index in [1.165, 1.54) is 5.56 Å². The maximum Gasteiger partial charge on any atom is 0.115 e. The second-order valence-corrected chi connectivity index (χ2v) is 5.81. The Kier molecular flexibility index (Phi) is 4.30. The number of anilines is 1. The number of hydrogen-bond donors (Lipinski definition) is 2. The molecule has 0 amide bonds. The van der Waals surface area contributed by atoms with Gasteiger partial charge < -0.3 is 10.4 Å². The van der Waals surface area contributed by atoms with Crippen LogP contribution in [-0.4, -0.2) is 5.11 Å². The molecule has 2 rings (SSSR count). The summed E-state index contributed by atoms with van der Waals surface area (Å²) < 4.78 is 2.09. The molecule has 0 atom stereocenters. The predicted octanol–water partition coefficient (Wildman–Crippen LogP) is 4.84. The number of aromatic hydroxyl groups is 1. The van der Waals surface area contributed by atoms with Gasteiger partial charge in [0, 0.05) is 21.2 Å². The van der Waals surface area contributed by atoms with E-state index in [1.54, 1.807) is 12.1 Å². The molecule has 0 radical (unpaired) electrons. The summed E-state index contributed by atoms with van der Waals surface area (Å²) in [6, 6.07) is 11.5. The number of hydrogen-bond acceptors (Lipinski definition) is 2. The van der Waals surface area contributed by atoms with Crippen molar-refractivity contribution in [3.05, 3.63) is 56.5 Å². The lowest BCUT2D eigenvalue weighted by atomic mass is 10.1. The molecule has 0 aliphatic heterocycles. The summed E-state index contributed by atoms with van der Waals surface area (Å²) in [4.78, 5) is 0. The molecule has 0 bridgehead atoms. The lowest BCUT2D eigenvalue weighted by Gasteiger charge is -2.10. The third kappa shape index (κ3) is 3.27. The molecule has 0 unspecified atom stereocenters. The predicted molar refractivity (Wildman–Crippen MR) is 82.0 cm³/mol. The molecule has 0 aromatic heterocycles. The Morgan fingerprint density at radius 2 is 1.83 bits per heavy atom. The summed E-state index contributed by atoms with van der Waals surface area (Å²) in [6.45, 7) is 2.72. The number of benzene rings is 2. The Labute approximate surface area is 123 Å². The fourth-order valence-electron chi connectivity index (χ4n) is 1.69. The molecule has 0 fully saturated rings. The van der Waals surface area contributed by atoms with Gasteiger partial charge >= 0.3 is 0 Å². The van der Waals surface area contributed by atoms with Gasteiger partial charge in [0.25, 0.3) is 0 Å². The van der Waals surface area contributed by atoms with E-state index in [-0.39, 0.29) is 0 Å². The molecule has 4 heteroatoms. The third-order valence-electron chi connectivity index (χ3n) is 2.68. The summed E-state index contributed by atoms with van der Waals surface area (Å²) in [5.74, 6) is 0.296. The lowest BCUT2D eigenvalue weighted by molar-refractivity contribution is 0.475. The monoisotopic (exact) mass is 369 g/mol. The minimum absolute atomic E-state index is 0.296. The topological polar surface area (TPSA) is 32.3 Å². The third-order valence-corrected chi connectivity index (χ3v) is 4.56. The van der Waals surface area contributed by atoms with Crippen LogP contribution in [0.5, 0.6) is 5.75 Å². The first-order valence-corrected chi connectivity index (χ1v) is 7.12. The van der Waals surface area contributed by atoms with Crippen molar-refractivity contribution in [2.24, 2.45) is 0 Å². The highest BCUT2D eigenvalue weighted by Gasteiger charge is 2.01. The van der Waals surface area contributed by atoms with Crippen molar-refractivity contribution in [1.29, 1.82) is 0 Å². The Hall–Kier alpha value is -1.000. The molecule has 0 saturated heterocycles. The van der Waals surface area contributed by atoms with E-state index < -0.39 is 0 Å². The standard InChI is InChI=1S/C14H13Br2NO/c1-9-6-11(18)3-5-14(9)17-8-10-2-4-12(15)13(16)7-10/h2-7,17-18H,8H2,1H3. The van der Waals surface area contributed by atoms with Crippen molar-refractivity contribution in [1.82, 2.24) is 0 Å². The summed E-state index contributed by atoms with van der Waals surface area (Å²) in [6.07, 6.45) is 0. The summed E-state index contributed by atoms with van der Waals surface area (Å²) in [7, 11) is 0. The molecule has 0 aliphatic rings. The number of aryl methyl sites for hydroxylation is 1. The van der Waals surface area contributed by atoms with E-state index in [4.69, 9.17) is 0 Å². The Morgan fingerprint density at radius 3 is 2.50 bits per heavy atom. The molecular weight excluding hydrogens is 358 g/mol. The Bertz CT molecular complexity index is 570. The van der Waals surface area contributed by atoms with Gasteiger partial charge in [-0.3, -0.25) is 0 Å². The molecule has 2 aromatic carbocycles. The van der Waals surface area contributed by atoms with Crippen LogP contribution in [-0.2, 0) is 6.54 Å². The van der Waals surface area contributed by atoms with Crippen molar-refractivity contribution in [3.8, 4) is 5.75 Å². The van der Waals surface area contributed by atoms with Crippen LogP contribution in [0.4, 0.5) is 5.69 Å². The fraction of sp³-hybridized carbons (Fsp3) is 0.143. The van der Waals surface area contributed by atoms with Crippen molar-refractivity contribution in [3.63, 3.8) is 0 Å². The van der Waals surface area contributed by atoms with E-state index >= 15 is 0 Å². The van der Waals surface area contributed by atoms with Gasteiger partial charge in [0.1, 0.15) is 5.75 Å². The minimum atomic E-state index is 0.296. The molecule has 0 aliphatic carbocycles. The summed E-state index contributed by atoms with van der Waals surface area (Å²) in [5.41, 5.74) is 3.26. The lowest BCUT2D eigenvalue weighted by Crippen LogP contribution is -2.00. The van der Waals surface area contributed by atoms with E-state index in [0.717, 1.165) is 26.7 Å². The molecule has 0 spiro atoms. The SMILES string of the molecule is Cc1cc(O)ccc1NCc1ccc(Br)c(Br)c1. The summed E-state index contributed by atoms with van der Waals surface area (Å²) >= 11 is 6.94. The number of phenolic OH excluding ortho intramolecular Hbond substituents is 1. The number of halogens is 2. The van der Waals surface area contributed by atoms with Crippen LogP contribution in [0.25, 0.3) is 0 Å². The highest BCUT2D eigenvalue weighted by Crippen LogP contribution is 2.25. The van der Waals surface area contributed by atoms with Crippen LogP contribution in [0.15, 0.2) is 45.3 Å². The first kappa shape index (κ1) is 13.4. The smallest absolute Gasteiger partial charge is 0.115 e. The van der Waals surface area contributed by atoms with Gasteiger partial charge in [-0.15, -0.1) is 0 Å². The van der Waals surface area contributed by atoms with Crippen LogP contribution in [0.3, 0.4) is 0 Å². The van der Waals surface area contributed by atoms with Crippen LogP contribution >= 0.6 is 31.9 Å². The van der Waals surface area contributed by atoms with E-state index in [0.29, 0.717) is 5.75 Å². The first-order chi connectivity index (χ1) is 8.56. The van der Waals surface area contributed by atoms with Crippen LogP contribution in [0.2, 0.25) is 0 Å². The molecule has 2 nitrogen and oxygen atoms in total. The van der Waals surface area contributed by atoms with Gasteiger partial charge in [-0.2, -0.15) is 0 Å². The van der Waals surface area contributed by atoms with E-state index in [9.17, 15) is 5.11 Å². The maximum absolute atomic E-state index is 9.35. The highest BCUT2D eigenvalue weighted by atomic mass is 79.9. The second kappa shape index (κ2) is 5.76. The van der Waals surface area contributed by atoms with Gasteiger partial charge in [-0.25, -0.2) is 0 Å². The highest BCUT2D eigenvalue weighted by molar-refractivity contribution is 9.13. The minimum Gasteiger partial charge on any atom is -0.508 e. The Balaban J connectivity index is 2.09. The average Bonchev–Trinajstić information content (AvgIpc) is 2.32. The molecule has 0 heterocycles. The van der Waals surface area contributed by atoms with E-state index in [1.807, 2.05) is 19.1 Å². The van der Waals surface area contributed by atoms with Crippen LogP contribution in [0.1, 0.15) is 11.1 Å². The van der Waals surface area contributed by atoms with Gasteiger partial charge in [0.05, 0.1) is 0 Å². The van der Waals surface area contributed by atoms with Crippen molar-refractivity contribution < 1.29 is 5.11 Å². The van der Waals surface area contributed by atoms with Crippen LogP contribution < -0.4 is 5.32 Å². The van der Waals surface area contributed by atoms with Crippen molar-refractivity contribution in [2.75, 3.05) is 5.32 Å². The van der Waals surface area contributed by atoms with Gasteiger partial charge in [-0.05, 0) is 80.2 Å². The summed E-state index contributed by atoms with van der Waals surface area (Å²) in [5, 5.41) is 12.7. The zero-order valence-electron chi connectivity index (χ0n) is 9.87. The molecule has 18 heavy (non-hydrogen) atoms.